The summed E-state index contributed by atoms with van der Waals surface area (Å²) in [4.78, 5) is 4.53. The van der Waals surface area contributed by atoms with Crippen molar-refractivity contribution in [3.05, 3.63) is 58.7 Å². The number of nitrogens with one attached hydrogen (secondary N) is 1. The highest BCUT2D eigenvalue weighted by atomic mass is 35.5. The van der Waals surface area contributed by atoms with E-state index in [1.807, 2.05) is 24.4 Å². The molecule has 112 valence electrons. The van der Waals surface area contributed by atoms with Crippen molar-refractivity contribution < 1.29 is 0 Å². The number of aromatic nitrogens is 1. The molecule has 21 heavy (non-hydrogen) atoms. The summed E-state index contributed by atoms with van der Waals surface area (Å²) >= 11 is 7.87. The average Bonchev–Trinajstić information content (AvgIpc) is 2.52. The minimum absolute atomic E-state index is 0.347. The van der Waals surface area contributed by atoms with Gasteiger partial charge in [-0.3, -0.25) is 0 Å². The molecule has 1 aromatic carbocycles. The van der Waals surface area contributed by atoms with E-state index in [0.717, 1.165) is 34.3 Å². The van der Waals surface area contributed by atoms with Crippen LogP contribution in [0.1, 0.15) is 37.4 Å². The van der Waals surface area contributed by atoms with Crippen LogP contribution in [0.4, 0.5) is 0 Å². The first-order valence-corrected chi connectivity index (χ1v) is 8.62. The van der Waals surface area contributed by atoms with Crippen LogP contribution in [0.25, 0.3) is 0 Å². The maximum atomic E-state index is 6.16. The quantitative estimate of drug-likeness (QED) is 0.719. The standard InChI is InChI=1S/C17H21ClN2S/c1-3-10-19-13(2)14-8-9-17(20-11-14)21-12-15-6-4-5-7-16(15)18/h4-9,11,13,19H,3,10,12H2,1-2H3. The fraction of sp³-hybridized carbons (Fsp3) is 0.353. The fourth-order valence-corrected chi connectivity index (χ4v) is 3.11. The van der Waals surface area contributed by atoms with Crippen molar-refractivity contribution in [3.8, 4) is 0 Å². The van der Waals surface area contributed by atoms with Gasteiger partial charge in [0.05, 0.1) is 5.03 Å². The second-order valence-electron chi connectivity index (χ2n) is 4.99. The molecule has 0 bridgehead atoms. The van der Waals surface area contributed by atoms with Crippen molar-refractivity contribution in [3.63, 3.8) is 0 Å². The molecule has 2 nitrogen and oxygen atoms in total. The Bertz CT molecular complexity index is 557. The maximum absolute atomic E-state index is 6.16. The summed E-state index contributed by atoms with van der Waals surface area (Å²) < 4.78 is 0. The van der Waals surface area contributed by atoms with E-state index in [4.69, 9.17) is 11.6 Å². The Labute approximate surface area is 136 Å². The molecule has 0 saturated carbocycles. The van der Waals surface area contributed by atoms with Gasteiger partial charge in [-0.2, -0.15) is 0 Å². The Morgan fingerprint density at radius 1 is 1.24 bits per heavy atom. The Hall–Kier alpha value is -1.03. The number of rotatable bonds is 7. The number of halogens is 1. The Morgan fingerprint density at radius 2 is 2.05 bits per heavy atom. The van der Waals surface area contributed by atoms with Gasteiger partial charge in [-0.05, 0) is 43.1 Å². The average molecular weight is 321 g/mol. The molecular weight excluding hydrogens is 300 g/mol. The lowest BCUT2D eigenvalue weighted by molar-refractivity contribution is 0.568. The van der Waals surface area contributed by atoms with Crippen LogP contribution in [0.5, 0.6) is 0 Å². The third-order valence-corrected chi connectivity index (χ3v) is 4.65. The third kappa shape index (κ3) is 5.03. The van der Waals surface area contributed by atoms with Crippen molar-refractivity contribution in [1.29, 1.82) is 0 Å². The summed E-state index contributed by atoms with van der Waals surface area (Å²) in [6.07, 6.45) is 3.10. The van der Waals surface area contributed by atoms with Crippen LogP contribution in [-0.4, -0.2) is 11.5 Å². The van der Waals surface area contributed by atoms with E-state index in [1.54, 1.807) is 11.8 Å². The SMILES string of the molecule is CCCNC(C)c1ccc(SCc2ccccc2Cl)nc1. The number of benzene rings is 1. The lowest BCUT2D eigenvalue weighted by Gasteiger charge is -2.13. The molecule has 0 spiro atoms. The van der Waals surface area contributed by atoms with Crippen LogP contribution in [0.2, 0.25) is 5.02 Å². The summed E-state index contributed by atoms with van der Waals surface area (Å²) in [5.74, 6) is 0.843. The maximum Gasteiger partial charge on any atom is 0.0963 e. The molecule has 2 aromatic rings. The van der Waals surface area contributed by atoms with Gasteiger partial charge in [0.2, 0.25) is 0 Å². The summed E-state index contributed by atoms with van der Waals surface area (Å²) in [6, 6.07) is 12.5. The zero-order valence-electron chi connectivity index (χ0n) is 12.5. The van der Waals surface area contributed by atoms with Gasteiger partial charge in [-0.1, -0.05) is 42.8 Å². The van der Waals surface area contributed by atoms with Crippen LogP contribution in [0.15, 0.2) is 47.6 Å². The monoisotopic (exact) mass is 320 g/mol. The molecular formula is C17H21ClN2S. The molecule has 0 fully saturated rings. The highest BCUT2D eigenvalue weighted by molar-refractivity contribution is 7.98. The summed E-state index contributed by atoms with van der Waals surface area (Å²) in [5.41, 5.74) is 2.37. The summed E-state index contributed by atoms with van der Waals surface area (Å²) in [6.45, 7) is 5.37. The zero-order chi connectivity index (χ0) is 15.1. The van der Waals surface area contributed by atoms with Gasteiger partial charge in [0, 0.05) is 23.0 Å². The van der Waals surface area contributed by atoms with Crippen LogP contribution < -0.4 is 5.32 Å². The molecule has 0 saturated heterocycles. The van der Waals surface area contributed by atoms with Gasteiger partial charge in [-0.25, -0.2) is 4.98 Å². The van der Waals surface area contributed by atoms with E-state index in [-0.39, 0.29) is 0 Å². The molecule has 1 atom stereocenters. The Morgan fingerprint density at radius 3 is 2.71 bits per heavy atom. The molecule has 0 aliphatic rings. The van der Waals surface area contributed by atoms with E-state index >= 15 is 0 Å². The van der Waals surface area contributed by atoms with E-state index in [1.165, 1.54) is 5.56 Å². The molecule has 1 N–H and O–H groups in total. The molecule has 1 unspecified atom stereocenters. The van der Waals surface area contributed by atoms with Gasteiger partial charge in [-0.15, -0.1) is 11.8 Å². The second kappa shape index (κ2) is 8.42. The number of nitrogens with zero attached hydrogens (tertiary/aromatic N) is 1. The van der Waals surface area contributed by atoms with Gasteiger partial charge < -0.3 is 5.32 Å². The van der Waals surface area contributed by atoms with Crippen LogP contribution in [0.3, 0.4) is 0 Å². The number of hydrogen-bond acceptors (Lipinski definition) is 3. The summed E-state index contributed by atoms with van der Waals surface area (Å²) in [7, 11) is 0. The number of hydrogen-bond donors (Lipinski definition) is 1. The van der Waals surface area contributed by atoms with E-state index in [2.05, 4.69) is 42.3 Å². The lowest BCUT2D eigenvalue weighted by atomic mass is 10.1. The highest BCUT2D eigenvalue weighted by Crippen LogP contribution is 2.25. The molecule has 2 rings (SSSR count). The normalized spacial score (nSPS) is 12.3. The van der Waals surface area contributed by atoms with Gasteiger partial charge in [0.15, 0.2) is 0 Å². The van der Waals surface area contributed by atoms with Crippen LogP contribution >= 0.6 is 23.4 Å². The molecule has 0 aliphatic carbocycles. The van der Waals surface area contributed by atoms with Crippen molar-refractivity contribution in [2.45, 2.75) is 37.1 Å². The van der Waals surface area contributed by atoms with Crippen molar-refractivity contribution in [2.75, 3.05) is 6.54 Å². The van der Waals surface area contributed by atoms with E-state index < -0.39 is 0 Å². The Balaban J connectivity index is 1.92. The number of pyridine rings is 1. The van der Waals surface area contributed by atoms with E-state index in [9.17, 15) is 0 Å². The predicted octanol–water partition coefficient (Wildman–Crippen LogP) is 5.09. The molecule has 4 heteroatoms. The first-order chi connectivity index (χ1) is 10.2. The van der Waals surface area contributed by atoms with Gasteiger partial charge in [0.1, 0.15) is 0 Å². The summed E-state index contributed by atoms with van der Waals surface area (Å²) in [5, 5.41) is 5.32. The molecule has 1 aromatic heterocycles. The minimum Gasteiger partial charge on any atom is -0.310 e. The highest BCUT2D eigenvalue weighted by Gasteiger charge is 2.06. The lowest BCUT2D eigenvalue weighted by Crippen LogP contribution is -2.19. The second-order valence-corrected chi connectivity index (χ2v) is 6.39. The third-order valence-electron chi connectivity index (χ3n) is 3.29. The van der Waals surface area contributed by atoms with Crippen molar-refractivity contribution in [2.24, 2.45) is 0 Å². The minimum atomic E-state index is 0.347. The topological polar surface area (TPSA) is 24.9 Å². The van der Waals surface area contributed by atoms with Crippen molar-refractivity contribution in [1.82, 2.24) is 10.3 Å². The van der Waals surface area contributed by atoms with Gasteiger partial charge >= 0.3 is 0 Å². The molecule has 0 amide bonds. The van der Waals surface area contributed by atoms with Gasteiger partial charge in [0.25, 0.3) is 0 Å². The van der Waals surface area contributed by atoms with Crippen LogP contribution in [-0.2, 0) is 5.75 Å². The molecule has 0 aliphatic heterocycles. The molecule has 0 radical (unpaired) electrons. The first kappa shape index (κ1) is 16.3. The molecule has 1 heterocycles. The predicted molar refractivity (Wildman–Crippen MR) is 92.0 cm³/mol. The first-order valence-electron chi connectivity index (χ1n) is 7.26. The smallest absolute Gasteiger partial charge is 0.0963 e. The Kier molecular flexibility index (Phi) is 6.55. The van der Waals surface area contributed by atoms with Crippen molar-refractivity contribution >= 4 is 23.4 Å². The number of thioether (sulfide) groups is 1. The van der Waals surface area contributed by atoms with E-state index in [0.29, 0.717) is 6.04 Å². The zero-order valence-corrected chi connectivity index (χ0v) is 14.0. The van der Waals surface area contributed by atoms with Crippen LogP contribution in [0, 0.1) is 0 Å². The fourth-order valence-electron chi connectivity index (χ4n) is 1.98. The largest absolute Gasteiger partial charge is 0.310 e.